The van der Waals surface area contributed by atoms with Gasteiger partial charge in [-0.15, -0.1) is 0 Å². The van der Waals surface area contributed by atoms with E-state index in [0.29, 0.717) is 28.0 Å². The third-order valence-corrected chi connectivity index (χ3v) is 6.50. The maximum absolute atomic E-state index is 13.4. The third kappa shape index (κ3) is 3.46. The summed E-state index contributed by atoms with van der Waals surface area (Å²) in [6.07, 6.45) is 1.21. The van der Waals surface area contributed by atoms with Gasteiger partial charge in [0.25, 0.3) is 5.56 Å². The quantitative estimate of drug-likeness (QED) is 0.290. The number of aromatic amines is 1. The molecule has 0 saturated heterocycles. The molecular formula is C28H18FNO6. The van der Waals surface area contributed by atoms with Crippen LogP contribution in [0, 0.1) is 5.82 Å². The minimum Gasteiger partial charge on any atom is -0.497 e. The molecule has 3 aromatic carbocycles. The molecule has 1 unspecified atom stereocenters. The first-order chi connectivity index (χ1) is 17.4. The van der Waals surface area contributed by atoms with E-state index >= 15 is 0 Å². The molecule has 0 radical (unpaired) electrons. The number of methoxy groups -OCH3 is 1. The summed E-state index contributed by atoms with van der Waals surface area (Å²) in [4.78, 5) is 41.8. The third-order valence-electron chi connectivity index (χ3n) is 6.50. The van der Waals surface area contributed by atoms with Crippen molar-refractivity contribution in [3.8, 4) is 22.6 Å². The summed E-state index contributed by atoms with van der Waals surface area (Å²) in [5.41, 5.74) is 1.71. The van der Waals surface area contributed by atoms with E-state index in [1.54, 1.807) is 25.3 Å². The van der Waals surface area contributed by atoms with Gasteiger partial charge in [0.05, 0.1) is 30.0 Å². The SMILES string of the molecule is COc1ccc2cc(C3CC(=O)Oc4ccc5c(=O)c(-c6ccc(F)cc6)coc5c43)c(=O)[nH]c2c1. The van der Waals surface area contributed by atoms with Gasteiger partial charge in [-0.25, -0.2) is 4.39 Å². The van der Waals surface area contributed by atoms with Crippen molar-refractivity contribution in [3.05, 3.63) is 104 Å². The zero-order chi connectivity index (χ0) is 25.0. The van der Waals surface area contributed by atoms with Gasteiger partial charge in [0.2, 0.25) is 5.43 Å². The van der Waals surface area contributed by atoms with E-state index in [4.69, 9.17) is 13.9 Å². The van der Waals surface area contributed by atoms with Crippen LogP contribution in [0.25, 0.3) is 33.0 Å². The second-order valence-electron chi connectivity index (χ2n) is 8.58. The van der Waals surface area contributed by atoms with Crippen molar-refractivity contribution in [3.63, 3.8) is 0 Å². The lowest BCUT2D eigenvalue weighted by molar-refractivity contribution is -0.135. The Hall–Kier alpha value is -4.72. The summed E-state index contributed by atoms with van der Waals surface area (Å²) in [5, 5.41) is 1.02. The minimum absolute atomic E-state index is 0.0969. The second-order valence-corrected chi connectivity index (χ2v) is 8.58. The van der Waals surface area contributed by atoms with Crippen molar-refractivity contribution in [2.45, 2.75) is 12.3 Å². The molecular weight excluding hydrogens is 465 g/mol. The van der Waals surface area contributed by atoms with E-state index in [-0.39, 0.29) is 39.7 Å². The number of carbonyl (C=O) groups is 1. The smallest absolute Gasteiger partial charge is 0.312 e. The van der Waals surface area contributed by atoms with Gasteiger partial charge in [-0.05, 0) is 53.4 Å². The average molecular weight is 483 g/mol. The van der Waals surface area contributed by atoms with Crippen LogP contribution < -0.4 is 20.5 Å². The molecule has 1 aliphatic rings. The zero-order valence-corrected chi connectivity index (χ0v) is 19.0. The number of halogens is 1. The molecule has 0 bridgehead atoms. The topological polar surface area (TPSA) is 98.6 Å². The number of rotatable bonds is 3. The number of benzene rings is 3. The van der Waals surface area contributed by atoms with Gasteiger partial charge in [0.15, 0.2) is 0 Å². The number of nitrogens with one attached hydrogen (secondary N) is 1. The van der Waals surface area contributed by atoms with Crippen molar-refractivity contribution < 1.29 is 23.1 Å². The molecule has 36 heavy (non-hydrogen) atoms. The van der Waals surface area contributed by atoms with Crippen LogP contribution in [0.5, 0.6) is 11.5 Å². The highest BCUT2D eigenvalue weighted by atomic mass is 19.1. The normalized spacial score (nSPS) is 15.1. The van der Waals surface area contributed by atoms with E-state index in [9.17, 15) is 18.8 Å². The Morgan fingerprint density at radius 2 is 1.81 bits per heavy atom. The van der Waals surface area contributed by atoms with Crippen LogP contribution >= 0.6 is 0 Å². The summed E-state index contributed by atoms with van der Waals surface area (Å²) in [7, 11) is 1.54. The Kier molecular flexibility index (Phi) is 4.96. The largest absolute Gasteiger partial charge is 0.497 e. The summed E-state index contributed by atoms with van der Waals surface area (Å²) in [5.74, 6) is -0.772. The van der Waals surface area contributed by atoms with E-state index in [0.717, 1.165) is 5.39 Å². The predicted octanol–water partition coefficient (Wildman–Crippen LogP) is 4.89. The first kappa shape index (κ1) is 21.8. The number of aromatic nitrogens is 1. The van der Waals surface area contributed by atoms with Crippen molar-refractivity contribution in [1.82, 2.24) is 4.98 Å². The molecule has 6 rings (SSSR count). The van der Waals surface area contributed by atoms with E-state index in [1.807, 2.05) is 6.07 Å². The molecule has 0 amide bonds. The fourth-order valence-electron chi connectivity index (χ4n) is 4.73. The monoisotopic (exact) mass is 483 g/mol. The summed E-state index contributed by atoms with van der Waals surface area (Å²) in [6, 6.07) is 15.6. The lowest BCUT2D eigenvalue weighted by Crippen LogP contribution is -2.26. The second kappa shape index (κ2) is 8.20. The van der Waals surface area contributed by atoms with Crippen LogP contribution in [0.3, 0.4) is 0 Å². The van der Waals surface area contributed by atoms with Crippen LogP contribution in [0.1, 0.15) is 23.5 Å². The summed E-state index contributed by atoms with van der Waals surface area (Å²) >= 11 is 0. The maximum atomic E-state index is 13.4. The van der Waals surface area contributed by atoms with Crippen LogP contribution in [-0.4, -0.2) is 18.1 Å². The summed E-state index contributed by atoms with van der Waals surface area (Å²) in [6.45, 7) is 0. The maximum Gasteiger partial charge on any atom is 0.312 e. The van der Waals surface area contributed by atoms with Crippen molar-refractivity contribution in [1.29, 1.82) is 0 Å². The number of pyridine rings is 1. The Labute approximate surface area is 202 Å². The van der Waals surface area contributed by atoms with Gasteiger partial charge >= 0.3 is 5.97 Å². The van der Waals surface area contributed by atoms with Crippen LogP contribution in [0.2, 0.25) is 0 Å². The Morgan fingerprint density at radius 3 is 2.58 bits per heavy atom. The van der Waals surface area contributed by atoms with E-state index < -0.39 is 17.7 Å². The molecule has 0 saturated carbocycles. The van der Waals surface area contributed by atoms with Crippen molar-refractivity contribution >= 4 is 27.8 Å². The lowest BCUT2D eigenvalue weighted by Gasteiger charge is -2.25. The van der Waals surface area contributed by atoms with Gasteiger partial charge in [0, 0.05) is 23.1 Å². The lowest BCUT2D eigenvalue weighted by atomic mass is 9.85. The predicted molar refractivity (Wildman–Crippen MR) is 131 cm³/mol. The molecule has 1 N–H and O–H groups in total. The first-order valence-electron chi connectivity index (χ1n) is 11.2. The molecule has 5 aromatic rings. The summed E-state index contributed by atoms with van der Waals surface area (Å²) < 4.78 is 30.0. The van der Waals surface area contributed by atoms with Crippen LogP contribution in [0.15, 0.2) is 80.9 Å². The minimum atomic E-state index is -0.694. The van der Waals surface area contributed by atoms with Gasteiger partial charge in [0.1, 0.15) is 29.2 Å². The molecule has 7 nitrogen and oxygen atoms in total. The molecule has 2 aromatic heterocycles. The zero-order valence-electron chi connectivity index (χ0n) is 19.0. The van der Waals surface area contributed by atoms with Crippen molar-refractivity contribution in [2.75, 3.05) is 7.11 Å². The van der Waals surface area contributed by atoms with Crippen LogP contribution in [0.4, 0.5) is 4.39 Å². The highest BCUT2D eigenvalue weighted by Gasteiger charge is 2.33. The molecule has 0 spiro atoms. The molecule has 1 atom stereocenters. The van der Waals surface area contributed by atoms with Gasteiger partial charge in [-0.3, -0.25) is 14.4 Å². The van der Waals surface area contributed by atoms with Gasteiger partial charge in [-0.2, -0.15) is 0 Å². The van der Waals surface area contributed by atoms with Crippen LogP contribution in [-0.2, 0) is 4.79 Å². The molecule has 3 heterocycles. The highest BCUT2D eigenvalue weighted by molar-refractivity contribution is 5.90. The number of ether oxygens (including phenoxy) is 2. The molecule has 0 aliphatic carbocycles. The fourth-order valence-corrected chi connectivity index (χ4v) is 4.73. The average Bonchev–Trinajstić information content (AvgIpc) is 2.88. The van der Waals surface area contributed by atoms with Gasteiger partial charge < -0.3 is 18.9 Å². The molecule has 1 aliphatic heterocycles. The molecule has 178 valence electrons. The fraction of sp³-hybridized carbons (Fsp3) is 0.107. The number of fused-ring (bicyclic) bond motifs is 4. The van der Waals surface area contributed by atoms with E-state index in [1.165, 1.54) is 42.7 Å². The number of hydrogen-bond donors (Lipinski definition) is 1. The van der Waals surface area contributed by atoms with Gasteiger partial charge in [-0.1, -0.05) is 12.1 Å². The standard InChI is InChI=1S/C28H18FNO6/c1-34-17-7-4-15-10-20(28(33)30-22(15)11-17)19-12-24(31)36-23-9-8-18-26(32)21(13-35-27(18)25(19)23)14-2-5-16(29)6-3-14/h2-11,13,19H,12H2,1H3,(H,30,33). The Bertz CT molecular complexity index is 1800. The van der Waals surface area contributed by atoms with E-state index in [2.05, 4.69) is 4.98 Å². The first-order valence-corrected chi connectivity index (χ1v) is 11.2. The molecule has 0 fully saturated rings. The highest BCUT2D eigenvalue weighted by Crippen LogP contribution is 2.42. The Balaban J connectivity index is 1.56. The molecule has 8 heteroatoms. The van der Waals surface area contributed by atoms with Crippen molar-refractivity contribution in [2.24, 2.45) is 0 Å². The number of H-pyrrole nitrogens is 1. The number of carbonyl (C=O) groups excluding carboxylic acids is 1. The number of hydrogen-bond acceptors (Lipinski definition) is 6. The number of esters is 1. The Morgan fingerprint density at radius 1 is 1.00 bits per heavy atom.